The van der Waals surface area contributed by atoms with Crippen molar-refractivity contribution in [3.8, 4) is 0 Å². The average molecular weight is 263 g/mol. The molecule has 16 heavy (non-hydrogen) atoms. The van der Waals surface area contributed by atoms with E-state index in [9.17, 15) is 0 Å². The summed E-state index contributed by atoms with van der Waals surface area (Å²) in [5.74, 6) is 0. The van der Waals surface area contributed by atoms with E-state index in [-0.39, 0.29) is 0 Å². The van der Waals surface area contributed by atoms with Gasteiger partial charge in [-0.15, -0.1) is 0 Å². The second-order valence-corrected chi connectivity index (χ2v) is 4.27. The summed E-state index contributed by atoms with van der Waals surface area (Å²) in [6.45, 7) is 4.04. The molecule has 0 saturated heterocycles. The lowest BCUT2D eigenvalue weighted by atomic mass is 10.2. The number of rotatable bonds is 5. The minimum atomic E-state index is 0.559. The number of nitrogen functional groups attached to an aromatic ring is 1. The molecule has 0 aromatic heterocycles. The van der Waals surface area contributed by atoms with Gasteiger partial charge in [0, 0.05) is 25.9 Å². The smallest absolute Gasteiger partial charge is 0.0744 e. The van der Waals surface area contributed by atoms with Gasteiger partial charge in [-0.3, -0.25) is 0 Å². The largest absolute Gasteiger partial charge is 0.399 e. The third-order valence-electron chi connectivity index (χ3n) is 2.20. The van der Waals surface area contributed by atoms with Crippen LogP contribution >= 0.6 is 23.2 Å². The van der Waals surface area contributed by atoms with Crippen LogP contribution in [0.3, 0.4) is 0 Å². The third kappa shape index (κ3) is 3.44. The summed E-state index contributed by atoms with van der Waals surface area (Å²) in [6.07, 6.45) is 0. The summed E-state index contributed by atoms with van der Waals surface area (Å²) in [6, 6.07) is 3.39. The second kappa shape index (κ2) is 6.18. The first-order valence-corrected chi connectivity index (χ1v) is 5.85. The molecule has 0 amide bonds. The fraction of sp³-hybridized carbons (Fsp3) is 0.455. The molecule has 1 aromatic carbocycles. The van der Waals surface area contributed by atoms with E-state index in [1.165, 1.54) is 0 Å². The summed E-state index contributed by atoms with van der Waals surface area (Å²) < 4.78 is 5.28. The summed E-state index contributed by atoms with van der Waals surface area (Å²) in [5.41, 5.74) is 6.99. The Balaban J connectivity index is 2.78. The number of halogens is 2. The Morgan fingerprint density at radius 3 is 2.38 bits per heavy atom. The Labute approximate surface area is 106 Å². The van der Waals surface area contributed by atoms with Crippen molar-refractivity contribution in [2.75, 3.05) is 37.4 Å². The molecule has 0 atom stereocenters. The molecule has 3 nitrogen and oxygen atoms in total. The first-order chi connectivity index (χ1) is 7.56. The van der Waals surface area contributed by atoms with Gasteiger partial charge in [0.15, 0.2) is 0 Å². The molecule has 0 unspecified atom stereocenters. The Hall–Kier alpha value is -0.640. The molecule has 0 aliphatic heterocycles. The second-order valence-electron chi connectivity index (χ2n) is 3.45. The molecule has 0 aliphatic carbocycles. The van der Waals surface area contributed by atoms with Gasteiger partial charge in [-0.05, 0) is 19.1 Å². The SMILES string of the molecule is CCOCCN(C)c1c(Cl)cc(N)cc1Cl. The van der Waals surface area contributed by atoms with Crippen LogP contribution < -0.4 is 10.6 Å². The summed E-state index contributed by atoms with van der Waals surface area (Å²) in [7, 11) is 1.92. The van der Waals surface area contributed by atoms with E-state index in [2.05, 4.69) is 0 Å². The molecule has 2 N–H and O–H groups in total. The number of nitrogens with two attached hydrogens (primary N) is 1. The van der Waals surface area contributed by atoms with Gasteiger partial charge in [0.05, 0.1) is 22.3 Å². The van der Waals surface area contributed by atoms with Crippen LogP contribution in [0.2, 0.25) is 10.0 Å². The van der Waals surface area contributed by atoms with E-state index in [0.717, 1.165) is 12.2 Å². The molecule has 1 aromatic rings. The van der Waals surface area contributed by atoms with Crippen LogP contribution in [0.5, 0.6) is 0 Å². The van der Waals surface area contributed by atoms with Crippen molar-refractivity contribution in [3.63, 3.8) is 0 Å². The molecule has 5 heteroatoms. The van der Waals surface area contributed by atoms with Gasteiger partial charge in [0.2, 0.25) is 0 Å². The molecule has 1 rings (SSSR count). The van der Waals surface area contributed by atoms with Crippen molar-refractivity contribution in [2.24, 2.45) is 0 Å². The average Bonchev–Trinajstić information content (AvgIpc) is 2.16. The molecular weight excluding hydrogens is 247 g/mol. The maximum Gasteiger partial charge on any atom is 0.0744 e. The number of likely N-dealkylation sites (N-methyl/N-ethyl adjacent to an activating group) is 1. The van der Waals surface area contributed by atoms with Gasteiger partial charge in [0.1, 0.15) is 0 Å². The quantitative estimate of drug-likeness (QED) is 0.655. The Morgan fingerprint density at radius 2 is 1.88 bits per heavy atom. The Morgan fingerprint density at radius 1 is 1.31 bits per heavy atom. The van der Waals surface area contributed by atoms with E-state index in [1.54, 1.807) is 12.1 Å². The summed E-state index contributed by atoms with van der Waals surface area (Å²) in [5, 5.41) is 1.12. The number of hydrogen-bond donors (Lipinski definition) is 1. The lowest BCUT2D eigenvalue weighted by Gasteiger charge is -2.22. The first-order valence-electron chi connectivity index (χ1n) is 5.09. The van der Waals surface area contributed by atoms with Gasteiger partial charge in [0.25, 0.3) is 0 Å². The van der Waals surface area contributed by atoms with Crippen LogP contribution in [-0.2, 0) is 4.74 Å². The van der Waals surface area contributed by atoms with Crippen LogP contribution in [0, 0.1) is 0 Å². The van der Waals surface area contributed by atoms with Gasteiger partial charge in [-0.1, -0.05) is 23.2 Å². The van der Waals surface area contributed by atoms with Crippen molar-refractivity contribution < 1.29 is 4.74 Å². The topological polar surface area (TPSA) is 38.5 Å². The van der Waals surface area contributed by atoms with Crippen LogP contribution in [0.1, 0.15) is 6.92 Å². The number of benzene rings is 1. The molecule has 0 radical (unpaired) electrons. The van der Waals surface area contributed by atoms with Gasteiger partial charge in [-0.25, -0.2) is 0 Å². The van der Waals surface area contributed by atoms with Crippen molar-refractivity contribution in [1.29, 1.82) is 0 Å². The highest BCUT2D eigenvalue weighted by molar-refractivity contribution is 6.39. The standard InChI is InChI=1S/C11H16Cl2N2O/c1-3-16-5-4-15(2)11-9(12)6-8(14)7-10(11)13/h6-7H,3-5,14H2,1-2H3. The first kappa shape index (κ1) is 13.4. The van der Waals surface area contributed by atoms with Crippen LogP contribution in [0.15, 0.2) is 12.1 Å². The van der Waals surface area contributed by atoms with E-state index < -0.39 is 0 Å². The van der Waals surface area contributed by atoms with E-state index in [0.29, 0.717) is 28.9 Å². The van der Waals surface area contributed by atoms with E-state index in [1.807, 2.05) is 18.9 Å². The highest BCUT2D eigenvalue weighted by Gasteiger charge is 2.11. The van der Waals surface area contributed by atoms with Crippen molar-refractivity contribution in [3.05, 3.63) is 22.2 Å². The van der Waals surface area contributed by atoms with Crippen molar-refractivity contribution >= 4 is 34.6 Å². The van der Waals surface area contributed by atoms with Crippen LogP contribution in [0.25, 0.3) is 0 Å². The lowest BCUT2D eigenvalue weighted by Crippen LogP contribution is -2.23. The fourth-order valence-electron chi connectivity index (χ4n) is 1.41. The molecule has 0 saturated carbocycles. The van der Waals surface area contributed by atoms with Crippen LogP contribution in [-0.4, -0.2) is 26.8 Å². The number of ether oxygens (including phenoxy) is 1. The maximum atomic E-state index is 6.10. The summed E-state index contributed by atoms with van der Waals surface area (Å²) in [4.78, 5) is 1.96. The molecular formula is C11H16Cl2N2O. The third-order valence-corrected chi connectivity index (χ3v) is 2.77. The molecule has 90 valence electrons. The lowest BCUT2D eigenvalue weighted by molar-refractivity contribution is 0.154. The van der Waals surface area contributed by atoms with Crippen molar-refractivity contribution in [1.82, 2.24) is 0 Å². The monoisotopic (exact) mass is 262 g/mol. The Kier molecular flexibility index (Phi) is 5.19. The van der Waals surface area contributed by atoms with Gasteiger partial charge < -0.3 is 15.4 Å². The summed E-state index contributed by atoms with van der Waals surface area (Å²) >= 11 is 12.2. The minimum Gasteiger partial charge on any atom is -0.399 e. The predicted octanol–water partition coefficient (Wildman–Crippen LogP) is 3.05. The zero-order chi connectivity index (χ0) is 12.1. The van der Waals surface area contributed by atoms with E-state index in [4.69, 9.17) is 33.7 Å². The van der Waals surface area contributed by atoms with Gasteiger partial charge in [-0.2, -0.15) is 0 Å². The highest BCUT2D eigenvalue weighted by Crippen LogP contribution is 2.35. The van der Waals surface area contributed by atoms with Gasteiger partial charge >= 0.3 is 0 Å². The zero-order valence-corrected chi connectivity index (χ0v) is 11.0. The normalized spacial score (nSPS) is 10.5. The van der Waals surface area contributed by atoms with Crippen LogP contribution in [0.4, 0.5) is 11.4 Å². The fourth-order valence-corrected chi connectivity index (χ4v) is 2.20. The number of nitrogens with zero attached hydrogens (tertiary/aromatic N) is 1. The number of anilines is 2. The number of hydrogen-bond acceptors (Lipinski definition) is 3. The molecule has 0 aliphatic rings. The molecule has 0 fully saturated rings. The maximum absolute atomic E-state index is 6.10. The zero-order valence-electron chi connectivity index (χ0n) is 9.46. The highest BCUT2D eigenvalue weighted by atomic mass is 35.5. The molecule has 0 heterocycles. The van der Waals surface area contributed by atoms with E-state index >= 15 is 0 Å². The molecule has 0 bridgehead atoms. The van der Waals surface area contributed by atoms with Crippen molar-refractivity contribution in [2.45, 2.75) is 6.92 Å². The Bertz CT molecular complexity index is 335. The predicted molar refractivity (Wildman–Crippen MR) is 70.6 cm³/mol. The molecule has 0 spiro atoms. The minimum absolute atomic E-state index is 0.559.